The number of aromatic nitrogens is 1. The van der Waals surface area contributed by atoms with Gasteiger partial charge in [-0.3, -0.25) is 19.5 Å². The van der Waals surface area contributed by atoms with E-state index >= 15 is 0 Å². The molecule has 32 heavy (non-hydrogen) atoms. The number of urea groups is 1. The fraction of sp³-hybridized carbons (Fsp3) is 0.619. The Labute approximate surface area is 188 Å². The Hall–Kier alpha value is -2.53. The van der Waals surface area contributed by atoms with Crippen LogP contribution in [0, 0.1) is 5.92 Å². The molecule has 0 atom stereocenters. The number of rotatable bonds is 5. The highest BCUT2D eigenvalue weighted by Crippen LogP contribution is 2.37. The molecule has 0 aromatic carbocycles. The van der Waals surface area contributed by atoms with E-state index in [0.717, 1.165) is 24.2 Å². The third kappa shape index (κ3) is 4.11. The predicted octanol–water partition coefficient (Wildman–Crippen LogP) is 0.805. The molecule has 1 aromatic rings. The van der Waals surface area contributed by atoms with Gasteiger partial charge in [0.05, 0.1) is 0 Å². The number of sulfonamides is 1. The number of hydrogen-bond acceptors (Lipinski definition) is 6. The number of piperazine rings is 1. The molecule has 0 radical (unpaired) electrons. The van der Waals surface area contributed by atoms with Crippen LogP contribution < -0.4 is 5.32 Å². The van der Waals surface area contributed by atoms with Gasteiger partial charge in [-0.15, -0.1) is 0 Å². The van der Waals surface area contributed by atoms with Gasteiger partial charge in [0.2, 0.25) is 15.9 Å². The van der Waals surface area contributed by atoms with Gasteiger partial charge in [0.15, 0.2) is 0 Å². The first-order valence-corrected chi connectivity index (χ1v) is 12.5. The lowest BCUT2D eigenvalue weighted by molar-refractivity contribution is -0.140. The van der Waals surface area contributed by atoms with Crippen LogP contribution in [-0.4, -0.2) is 83.6 Å². The molecule has 0 bridgehead atoms. The van der Waals surface area contributed by atoms with Crippen LogP contribution in [0.5, 0.6) is 0 Å². The summed E-state index contributed by atoms with van der Waals surface area (Å²) >= 11 is 0. The summed E-state index contributed by atoms with van der Waals surface area (Å²) in [5.74, 6) is -0.102. The molecule has 1 aliphatic carbocycles. The standard InChI is InChI=1S/C21H29N5O5S/c1-2-16-5-7-21(8-6-16)19(28)26(20(29)23-21)15-18(27)24-10-12-25(13-11-24)32(30,31)17-4-3-9-22-14-17/h3-4,9,14,16H,2,5-8,10-13,15H2,1H3,(H,23,29). The van der Waals surface area contributed by atoms with Crippen molar-refractivity contribution in [3.05, 3.63) is 24.5 Å². The fourth-order valence-electron chi connectivity index (χ4n) is 4.80. The molecule has 1 saturated carbocycles. The summed E-state index contributed by atoms with van der Waals surface area (Å²) in [6.45, 7) is 2.50. The van der Waals surface area contributed by atoms with Gasteiger partial charge in [-0.25, -0.2) is 13.2 Å². The Kier molecular flexibility index (Phi) is 6.22. The predicted molar refractivity (Wildman–Crippen MR) is 115 cm³/mol. The van der Waals surface area contributed by atoms with Crippen molar-refractivity contribution in [2.45, 2.75) is 49.5 Å². The Bertz CT molecular complexity index is 983. The molecule has 3 heterocycles. The molecule has 3 fully saturated rings. The average molecular weight is 464 g/mol. The number of carbonyl (C=O) groups is 3. The van der Waals surface area contributed by atoms with E-state index in [2.05, 4.69) is 17.2 Å². The largest absolute Gasteiger partial charge is 0.338 e. The number of carbonyl (C=O) groups excluding carboxylic acids is 3. The minimum Gasteiger partial charge on any atom is -0.338 e. The molecule has 2 aliphatic heterocycles. The lowest BCUT2D eigenvalue weighted by Crippen LogP contribution is -2.53. The van der Waals surface area contributed by atoms with E-state index in [1.54, 1.807) is 6.07 Å². The van der Waals surface area contributed by atoms with Crippen molar-refractivity contribution in [1.82, 2.24) is 24.4 Å². The SMILES string of the molecule is CCC1CCC2(CC1)NC(=O)N(CC(=O)N1CCN(S(=O)(=O)c3cccnc3)CC1)C2=O. The van der Waals surface area contributed by atoms with E-state index in [9.17, 15) is 22.8 Å². The summed E-state index contributed by atoms with van der Waals surface area (Å²) in [4.78, 5) is 44.8. The topological polar surface area (TPSA) is 120 Å². The van der Waals surface area contributed by atoms with Crippen molar-refractivity contribution >= 4 is 27.9 Å². The third-order valence-electron chi connectivity index (χ3n) is 6.94. The van der Waals surface area contributed by atoms with Crippen molar-refractivity contribution in [2.24, 2.45) is 5.92 Å². The quantitative estimate of drug-likeness (QED) is 0.645. The number of hydrogen-bond donors (Lipinski definition) is 1. The minimum absolute atomic E-state index is 0.113. The molecule has 4 amide bonds. The second kappa shape index (κ2) is 8.78. The van der Waals surface area contributed by atoms with Crippen molar-refractivity contribution in [3.8, 4) is 0 Å². The van der Waals surface area contributed by atoms with Crippen LogP contribution in [0.25, 0.3) is 0 Å². The Morgan fingerprint density at radius 3 is 2.47 bits per heavy atom. The minimum atomic E-state index is -3.67. The number of nitrogens with zero attached hydrogens (tertiary/aromatic N) is 4. The molecule has 1 aromatic heterocycles. The van der Waals surface area contributed by atoms with Gasteiger partial charge in [-0.1, -0.05) is 13.3 Å². The number of pyridine rings is 1. The smallest absolute Gasteiger partial charge is 0.325 e. The van der Waals surface area contributed by atoms with E-state index in [0.29, 0.717) is 18.8 Å². The molecule has 174 valence electrons. The molecule has 4 rings (SSSR count). The molecule has 3 aliphatic rings. The van der Waals surface area contributed by atoms with Crippen LogP contribution in [0.1, 0.15) is 39.0 Å². The molecular weight excluding hydrogens is 434 g/mol. The molecule has 2 saturated heterocycles. The summed E-state index contributed by atoms with van der Waals surface area (Å²) < 4.78 is 26.8. The molecule has 11 heteroatoms. The van der Waals surface area contributed by atoms with Crippen molar-refractivity contribution in [2.75, 3.05) is 32.7 Å². The van der Waals surface area contributed by atoms with Crippen LogP contribution in [0.4, 0.5) is 4.79 Å². The summed E-state index contributed by atoms with van der Waals surface area (Å²) in [7, 11) is -3.67. The maximum Gasteiger partial charge on any atom is 0.325 e. The van der Waals surface area contributed by atoms with Gasteiger partial charge >= 0.3 is 6.03 Å². The average Bonchev–Trinajstić information content (AvgIpc) is 3.04. The monoisotopic (exact) mass is 463 g/mol. The number of amides is 4. The highest BCUT2D eigenvalue weighted by Gasteiger charge is 2.52. The fourth-order valence-corrected chi connectivity index (χ4v) is 6.19. The molecule has 1 spiro atoms. The van der Waals surface area contributed by atoms with Gasteiger partial charge in [0.25, 0.3) is 5.91 Å². The van der Waals surface area contributed by atoms with Gasteiger partial charge in [0.1, 0.15) is 17.0 Å². The Balaban J connectivity index is 1.34. The zero-order valence-corrected chi connectivity index (χ0v) is 19.0. The van der Waals surface area contributed by atoms with Gasteiger partial charge in [0, 0.05) is 38.6 Å². The molecule has 10 nitrogen and oxygen atoms in total. The van der Waals surface area contributed by atoms with E-state index in [1.807, 2.05) is 0 Å². The second-order valence-corrected chi connectivity index (χ2v) is 10.7. The molecular formula is C21H29N5O5S. The molecule has 1 N–H and O–H groups in total. The number of nitrogens with one attached hydrogen (secondary N) is 1. The van der Waals surface area contributed by atoms with E-state index in [1.165, 1.54) is 27.7 Å². The van der Waals surface area contributed by atoms with Crippen molar-refractivity contribution in [3.63, 3.8) is 0 Å². The van der Waals surface area contributed by atoms with Crippen LogP contribution >= 0.6 is 0 Å². The van der Waals surface area contributed by atoms with E-state index in [-0.39, 0.29) is 49.4 Å². The van der Waals surface area contributed by atoms with E-state index in [4.69, 9.17) is 0 Å². The second-order valence-electron chi connectivity index (χ2n) is 8.73. The Morgan fingerprint density at radius 2 is 1.88 bits per heavy atom. The Morgan fingerprint density at radius 1 is 1.19 bits per heavy atom. The zero-order valence-electron chi connectivity index (χ0n) is 18.2. The highest BCUT2D eigenvalue weighted by molar-refractivity contribution is 7.89. The number of imide groups is 1. The summed E-state index contributed by atoms with van der Waals surface area (Å²) in [6, 6.07) is 2.53. The van der Waals surface area contributed by atoms with Gasteiger partial charge < -0.3 is 10.2 Å². The summed E-state index contributed by atoms with van der Waals surface area (Å²) in [5, 5.41) is 2.84. The third-order valence-corrected chi connectivity index (χ3v) is 8.82. The van der Waals surface area contributed by atoms with Crippen molar-refractivity contribution < 1.29 is 22.8 Å². The maximum absolute atomic E-state index is 13.0. The van der Waals surface area contributed by atoms with Crippen LogP contribution in [0.15, 0.2) is 29.4 Å². The van der Waals surface area contributed by atoms with E-state index < -0.39 is 21.6 Å². The molecule has 0 unspecified atom stereocenters. The zero-order chi connectivity index (χ0) is 22.9. The first-order valence-electron chi connectivity index (χ1n) is 11.1. The lowest BCUT2D eigenvalue weighted by atomic mass is 9.75. The van der Waals surface area contributed by atoms with Crippen molar-refractivity contribution in [1.29, 1.82) is 0 Å². The first kappa shape index (κ1) is 22.7. The van der Waals surface area contributed by atoms with Crippen LogP contribution in [-0.2, 0) is 19.6 Å². The van der Waals surface area contributed by atoms with Crippen LogP contribution in [0.2, 0.25) is 0 Å². The van der Waals surface area contributed by atoms with Crippen LogP contribution in [0.3, 0.4) is 0 Å². The summed E-state index contributed by atoms with van der Waals surface area (Å²) in [6.07, 6.45) is 6.84. The summed E-state index contributed by atoms with van der Waals surface area (Å²) in [5.41, 5.74) is -0.875. The lowest BCUT2D eigenvalue weighted by Gasteiger charge is -2.35. The van der Waals surface area contributed by atoms with Gasteiger partial charge in [-0.2, -0.15) is 4.31 Å². The van der Waals surface area contributed by atoms with Gasteiger partial charge in [-0.05, 0) is 43.7 Å². The highest BCUT2D eigenvalue weighted by atomic mass is 32.2. The normalized spacial score (nSPS) is 27.1. The maximum atomic E-state index is 13.0. The first-order chi connectivity index (χ1) is 15.3.